The number of rotatable bonds is 7. The molecule has 0 unspecified atom stereocenters. The predicted molar refractivity (Wildman–Crippen MR) is 126 cm³/mol. The van der Waals surface area contributed by atoms with Crippen molar-refractivity contribution >= 4 is 56.4 Å². The average molecular weight is 498 g/mol. The average Bonchev–Trinajstić information content (AvgIpc) is 2.72. The van der Waals surface area contributed by atoms with Crippen LogP contribution < -0.4 is 10.0 Å². The lowest BCUT2D eigenvalue weighted by Gasteiger charge is -2.20. The number of carbonyl (C=O) groups excluding carboxylic acids is 1. The van der Waals surface area contributed by atoms with Crippen LogP contribution in [0.25, 0.3) is 0 Å². The van der Waals surface area contributed by atoms with Gasteiger partial charge in [0, 0.05) is 15.7 Å². The Balaban J connectivity index is 1.92. The topological polar surface area (TPSA) is 75.3 Å². The molecule has 5 nitrogen and oxygen atoms in total. The van der Waals surface area contributed by atoms with Gasteiger partial charge in [-0.05, 0) is 60.9 Å². The largest absolute Gasteiger partial charge is 0.324 e. The standard InChI is InChI=1S/C22H19Cl3N2O3S/c1-14-11-16(23)8-10-19(14)26-22(28)20(12-15-5-3-2-4-6-15)27-31(29,30)21-13-17(24)7-9-18(21)25/h2-11,13,20,27H,12H2,1H3,(H,26,28)/t20-/m0/s1. The van der Waals surface area contributed by atoms with Crippen molar-refractivity contribution < 1.29 is 13.2 Å². The van der Waals surface area contributed by atoms with Crippen LogP contribution in [-0.2, 0) is 21.2 Å². The zero-order valence-electron chi connectivity index (χ0n) is 16.4. The molecule has 3 aromatic carbocycles. The first-order valence-electron chi connectivity index (χ1n) is 9.24. The molecule has 3 aromatic rings. The Hall–Kier alpha value is -2.09. The first-order valence-corrected chi connectivity index (χ1v) is 11.9. The Morgan fingerprint density at radius 2 is 1.58 bits per heavy atom. The summed E-state index contributed by atoms with van der Waals surface area (Å²) in [5.41, 5.74) is 2.07. The molecule has 3 rings (SSSR count). The van der Waals surface area contributed by atoms with E-state index in [1.807, 2.05) is 30.3 Å². The van der Waals surface area contributed by atoms with E-state index in [0.29, 0.717) is 10.7 Å². The summed E-state index contributed by atoms with van der Waals surface area (Å²) in [7, 11) is -4.14. The smallest absolute Gasteiger partial charge is 0.242 e. The normalized spacial score (nSPS) is 12.4. The number of nitrogens with one attached hydrogen (secondary N) is 2. The highest BCUT2D eigenvalue weighted by molar-refractivity contribution is 7.89. The molecule has 0 aliphatic heterocycles. The van der Waals surface area contributed by atoms with E-state index in [4.69, 9.17) is 34.8 Å². The van der Waals surface area contributed by atoms with Crippen LogP contribution in [0.2, 0.25) is 15.1 Å². The van der Waals surface area contributed by atoms with Gasteiger partial charge in [0.1, 0.15) is 10.9 Å². The Labute approximate surface area is 196 Å². The highest BCUT2D eigenvalue weighted by atomic mass is 35.5. The van der Waals surface area contributed by atoms with E-state index in [9.17, 15) is 13.2 Å². The molecule has 0 aromatic heterocycles. The monoisotopic (exact) mass is 496 g/mol. The molecule has 9 heteroatoms. The molecule has 0 bridgehead atoms. The van der Waals surface area contributed by atoms with Gasteiger partial charge < -0.3 is 5.32 Å². The minimum absolute atomic E-state index is 0.00400. The third-order valence-electron chi connectivity index (χ3n) is 4.53. The van der Waals surface area contributed by atoms with E-state index in [0.717, 1.165) is 11.1 Å². The maximum absolute atomic E-state index is 13.1. The van der Waals surface area contributed by atoms with Crippen molar-refractivity contribution in [2.45, 2.75) is 24.3 Å². The molecule has 0 spiro atoms. The predicted octanol–water partition coefficient (Wildman–Crippen LogP) is 5.48. The lowest BCUT2D eigenvalue weighted by atomic mass is 10.1. The number of halogens is 3. The summed E-state index contributed by atoms with van der Waals surface area (Å²) in [5, 5.41) is 3.53. The third kappa shape index (κ3) is 6.21. The molecule has 0 fully saturated rings. The number of hydrogen-bond acceptors (Lipinski definition) is 3. The summed E-state index contributed by atoms with van der Waals surface area (Å²) in [6, 6.07) is 17.1. The first-order chi connectivity index (χ1) is 14.7. The minimum Gasteiger partial charge on any atom is -0.324 e. The van der Waals surface area contributed by atoms with Crippen LogP contribution in [0.15, 0.2) is 71.6 Å². The van der Waals surface area contributed by atoms with Gasteiger partial charge in [-0.1, -0.05) is 65.1 Å². The van der Waals surface area contributed by atoms with Crippen LogP contribution in [0.4, 0.5) is 5.69 Å². The summed E-state index contributed by atoms with van der Waals surface area (Å²) in [6.45, 7) is 1.80. The molecule has 0 saturated carbocycles. The number of carbonyl (C=O) groups is 1. The maximum Gasteiger partial charge on any atom is 0.242 e. The summed E-state index contributed by atoms with van der Waals surface area (Å²) in [6.07, 6.45) is 0.136. The number of aryl methyl sites for hydroxylation is 1. The Bertz CT molecular complexity index is 1200. The Morgan fingerprint density at radius 1 is 0.935 bits per heavy atom. The van der Waals surface area contributed by atoms with Crippen LogP contribution in [0, 0.1) is 6.92 Å². The van der Waals surface area contributed by atoms with E-state index in [-0.39, 0.29) is 21.4 Å². The summed E-state index contributed by atoms with van der Waals surface area (Å²) >= 11 is 18.0. The van der Waals surface area contributed by atoms with Crippen LogP contribution in [-0.4, -0.2) is 20.4 Å². The number of benzene rings is 3. The fourth-order valence-electron chi connectivity index (χ4n) is 2.96. The molecule has 0 radical (unpaired) electrons. The molecule has 0 heterocycles. The first kappa shape index (κ1) is 23.6. The lowest BCUT2D eigenvalue weighted by Crippen LogP contribution is -2.45. The van der Waals surface area contributed by atoms with Gasteiger partial charge in [-0.2, -0.15) is 4.72 Å². The third-order valence-corrected chi connectivity index (χ3v) is 6.95. The lowest BCUT2D eigenvalue weighted by molar-refractivity contribution is -0.117. The number of hydrogen-bond donors (Lipinski definition) is 2. The van der Waals surface area contributed by atoms with E-state index < -0.39 is 22.0 Å². The summed E-state index contributed by atoms with van der Waals surface area (Å²) in [4.78, 5) is 12.9. The van der Waals surface area contributed by atoms with Gasteiger partial charge in [0.15, 0.2) is 0 Å². The molecule has 2 N–H and O–H groups in total. The second-order valence-electron chi connectivity index (χ2n) is 6.89. The Kier molecular flexibility index (Phi) is 7.62. The summed E-state index contributed by atoms with van der Waals surface area (Å²) in [5.74, 6) is -0.518. The SMILES string of the molecule is Cc1cc(Cl)ccc1NC(=O)[C@H](Cc1ccccc1)NS(=O)(=O)c1cc(Cl)ccc1Cl. The van der Waals surface area contributed by atoms with Crippen LogP contribution in [0.1, 0.15) is 11.1 Å². The fraction of sp³-hybridized carbons (Fsp3) is 0.136. The van der Waals surface area contributed by atoms with Gasteiger partial charge in [-0.3, -0.25) is 4.79 Å². The minimum atomic E-state index is -4.14. The van der Waals surface area contributed by atoms with Crippen LogP contribution in [0.5, 0.6) is 0 Å². The fourth-order valence-corrected chi connectivity index (χ4v) is 5.14. The quantitative estimate of drug-likeness (QED) is 0.454. The van der Waals surface area contributed by atoms with Gasteiger partial charge in [0.25, 0.3) is 0 Å². The molecule has 1 amide bonds. The molecule has 0 aliphatic rings. The number of amides is 1. The van der Waals surface area contributed by atoms with Gasteiger partial charge in [-0.25, -0.2) is 8.42 Å². The second-order valence-corrected chi connectivity index (χ2v) is 9.85. The van der Waals surface area contributed by atoms with Crippen molar-refractivity contribution in [3.8, 4) is 0 Å². The number of anilines is 1. The molecular weight excluding hydrogens is 479 g/mol. The van der Waals surface area contributed by atoms with Crippen molar-refractivity contribution in [2.75, 3.05) is 5.32 Å². The molecule has 162 valence electrons. The highest BCUT2D eigenvalue weighted by Gasteiger charge is 2.28. The van der Waals surface area contributed by atoms with Gasteiger partial charge in [-0.15, -0.1) is 0 Å². The maximum atomic E-state index is 13.1. The molecule has 1 atom stereocenters. The van der Waals surface area contributed by atoms with Crippen molar-refractivity contribution in [1.82, 2.24) is 4.72 Å². The van der Waals surface area contributed by atoms with E-state index in [2.05, 4.69) is 10.0 Å². The van der Waals surface area contributed by atoms with Crippen molar-refractivity contribution in [3.05, 3.63) is 92.9 Å². The van der Waals surface area contributed by atoms with Crippen LogP contribution >= 0.6 is 34.8 Å². The van der Waals surface area contributed by atoms with Crippen molar-refractivity contribution in [2.24, 2.45) is 0 Å². The Morgan fingerprint density at radius 3 is 2.26 bits per heavy atom. The highest BCUT2D eigenvalue weighted by Crippen LogP contribution is 2.26. The van der Waals surface area contributed by atoms with Crippen molar-refractivity contribution in [3.63, 3.8) is 0 Å². The number of sulfonamides is 1. The molecule has 0 saturated heterocycles. The van der Waals surface area contributed by atoms with E-state index in [1.54, 1.807) is 25.1 Å². The zero-order chi connectivity index (χ0) is 22.6. The van der Waals surface area contributed by atoms with Crippen molar-refractivity contribution in [1.29, 1.82) is 0 Å². The second kappa shape index (κ2) is 10.0. The molecular formula is C22H19Cl3N2O3S. The zero-order valence-corrected chi connectivity index (χ0v) is 19.5. The van der Waals surface area contributed by atoms with Gasteiger partial charge in [0.2, 0.25) is 15.9 Å². The molecule has 31 heavy (non-hydrogen) atoms. The summed E-state index contributed by atoms with van der Waals surface area (Å²) < 4.78 is 28.5. The van der Waals surface area contributed by atoms with E-state index in [1.165, 1.54) is 18.2 Å². The van der Waals surface area contributed by atoms with E-state index >= 15 is 0 Å². The van der Waals surface area contributed by atoms with Gasteiger partial charge in [0.05, 0.1) is 5.02 Å². The van der Waals surface area contributed by atoms with Crippen LogP contribution in [0.3, 0.4) is 0 Å². The van der Waals surface area contributed by atoms with Gasteiger partial charge >= 0.3 is 0 Å². The molecule has 0 aliphatic carbocycles.